The Morgan fingerprint density at radius 2 is 2.12 bits per heavy atom. The Morgan fingerprint density at radius 3 is 2.81 bits per heavy atom. The highest BCUT2D eigenvalue weighted by molar-refractivity contribution is 4.82. The monoisotopic (exact) mass is 224 g/mol. The van der Waals surface area contributed by atoms with Gasteiger partial charge in [0.25, 0.3) is 0 Å². The highest BCUT2D eigenvalue weighted by Gasteiger charge is 2.25. The lowest BCUT2D eigenvalue weighted by Crippen LogP contribution is -2.33. The van der Waals surface area contributed by atoms with Gasteiger partial charge in [-0.2, -0.15) is 0 Å². The Labute approximate surface area is 101 Å². The van der Waals surface area contributed by atoms with Gasteiger partial charge in [-0.15, -0.1) is 0 Å². The van der Waals surface area contributed by atoms with E-state index < -0.39 is 0 Å². The zero-order chi connectivity index (χ0) is 11.4. The highest BCUT2D eigenvalue weighted by Crippen LogP contribution is 2.25. The summed E-state index contributed by atoms with van der Waals surface area (Å²) in [5.74, 6) is 1.88. The molecule has 2 nitrogen and oxygen atoms in total. The maximum Gasteiger partial charge on any atom is 0.00698 e. The SMILES string of the molecule is CCCN1CCC(CNC2CCC(C)C2)C1. The van der Waals surface area contributed by atoms with Gasteiger partial charge in [0.15, 0.2) is 0 Å². The summed E-state index contributed by atoms with van der Waals surface area (Å²) in [6.45, 7) is 9.91. The van der Waals surface area contributed by atoms with Crippen LogP contribution in [0.1, 0.15) is 46.0 Å². The Balaban J connectivity index is 1.60. The van der Waals surface area contributed by atoms with Crippen LogP contribution in [0.15, 0.2) is 0 Å². The minimum absolute atomic E-state index is 0.829. The van der Waals surface area contributed by atoms with Crippen molar-refractivity contribution in [1.82, 2.24) is 10.2 Å². The van der Waals surface area contributed by atoms with E-state index in [1.807, 2.05) is 0 Å². The maximum atomic E-state index is 3.79. The third-order valence-corrected chi connectivity index (χ3v) is 4.30. The minimum atomic E-state index is 0.829. The second-order valence-corrected chi connectivity index (χ2v) is 5.98. The van der Waals surface area contributed by atoms with Gasteiger partial charge in [-0.25, -0.2) is 0 Å². The number of nitrogens with zero attached hydrogens (tertiary/aromatic N) is 1. The molecule has 2 rings (SSSR count). The zero-order valence-electron chi connectivity index (χ0n) is 11.0. The van der Waals surface area contributed by atoms with Crippen LogP contribution in [0.4, 0.5) is 0 Å². The molecule has 0 bridgehead atoms. The van der Waals surface area contributed by atoms with Gasteiger partial charge in [0, 0.05) is 12.6 Å². The molecule has 2 fully saturated rings. The molecular weight excluding hydrogens is 196 g/mol. The van der Waals surface area contributed by atoms with Crippen molar-refractivity contribution in [2.75, 3.05) is 26.2 Å². The van der Waals surface area contributed by atoms with Gasteiger partial charge in [-0.05, 0) is 63.6 Å². The molecule has 94 valence electrons. The van der Waals surface area contributed by atoms with Crippen molar-refractivity contribution >= 4 is 0 Å². The zero-order valence-corrected chi connectivity index (χ0v) is 11.0. The molecule has 0 aromatic rings. The lowest BCUT2D eigenvalue weighted by Gasteiger charge is -2.17. The van der Waals surface area contributed by atoms with Crippen LogP contribution in [0.2, 0.25) is 0 Å². The predicted octanol–water partition coefficient (Wildman–Crippen LogP) is 2.50. The van der Waals surface area contributed by atoms with Crippen molar-refractivity contribution < 1.29 is 0 Å². The quantitative estimate of drug-likeness (QED) is 0.772. The first-order valence-corrected chi connectivity index (χ1v) is 7.23. The van der Waals surface area contributed by atoms with Crippen LogP contribution in [0.25, 0.3) is 0 Å². The first-order valence-electron chi connectivity index (χ1n) is 7.23. The summed E-state index contributed by atoms with van der Waals surface area (Å²) in [6.07, 6.45) is 6.97. The van der Waals surface area contributed by atoms with E-state index in [2.05, 4.69) is 24.1 Å². The van der Waals surface area contributed by atoms with E-state index in [0.29, 0.717) is 0 Å². The molecule has 0 aromatic heterocycles. The summed E-state index contributed by atoms with van der Waals surface area (Å²) >= 11 is 0. The molecule has 2 aliphatic rings. The third-order valence-electron chi connectivity index (χ3n) is 4.30. The predicted molar refractivity (Wildman–Crippen MR) is 69.6 cm³/mol. The molecular formula is C14H28N2. The number of likely N-dealkylation sites (tertiary alicyclic amines) is 1. The lowest BCUT2D eigenvalue weighted by atomic mass is 10.1. The van der Waals surface area contributed by atoms with E-state index in [-0.39, 0.29) is 0 Å². The van der Waals surface area contributed by atoms with Gasteiger partial charge in [0.1, 0.15) is 0 Å². The molecule has 1 saturated heterocycles. The summed E-state index contributed by atoms with van der Waals surface area (Å²) in [6, 6.07) is 0.829. The molecule has 3 unspecified atom stereocenters. The number of hydrogen-bond acceptors (Lipinski definition) is 2. The summed E-state index contributed by atoms with van der Waals surface area (Å²) in [7, 11) is 0. The number of hydrogen-bond donors (Lipinski definition) is 1. The summed E-state index contributed by atoms with van der Waals surface area (Å²) < 4.78 is 0. The fourth-order valence-corrected chi connectivity index (χ4v) is 3.32. The van der Waals surface area contributed by atoms with Gasteiger partial charge < -0.3 is 10.2 Å². The van der Waals surface area contributed by atoms with Gasteiger partial charge >= 0.3 is 0 Å². The summed E-state index contributed by atoms with van der Waals surface area (Å²) in [4.78, 5) is 2.63. The Bertz CT molecular complexity index is 205. The van der Waals surface area contributed by atoms with E-state index in [1.54, 1.807) is 0 Å². The molecule has 0 amide bonds. The standard InChI is InChI=1S/C14H28N2/c1-3-7-16-8-6-13(11-16)10-15-14-5-4-12(2)9-14/h12-15H,3-11H2,1-2H3. The maximum absolute atomic E-state index is 3.79. The van der Waals surface area contributed by atoms with Gasteiger partial charge in [-0.3, -0.25) is 0 Å². The molecule has 3 atom stereocenters. The molecule has 0 aromatic carbocycles. The normalized spacial score (nSPS) is 36.0. The van der Waals surface area contributed by atoms with Crippen molar-refractivity contribution in [3.8, 4) is 0 Å². The second kappa shape index (κ2) is 6.02. The Kier molecular flexibility index (Phi) is 4.66. The van der Waals surface area contributed by atoms with Gasteiger partial charge in [0.05, 0.1) is 0 Å². The third kappa shape index (κ3) is 3.46. The van der Waals surface area contributed by atoms with Crippen molar-refractivity contribution in [2.45, 2.75) is 52.0 Å². The molecule has 1 heterocycles. The second-order valence-electron chi connectivity index (χ2n) is 5.98. The number of rotatable bonds is 5. The van der Waals surface area contributed by atoms with Crippen molar-refractivity contribution in [2.24, 2.45) is 11.8 Å². The first kappa shape index (κ1) is 12.4. The fourth-order valence-electron chi connectivity index (χ4n) is 3.32. The molecule has 1 aliphatic carbocycles. The molecule has 1 aliphatic heterocycles. The topological polar surface area (TPSA) is 15.3 Å². The summed E-state index contributed by atoms with van der Waals surface area (Å²) in [5, 5.41) is 3.79. The molecule has 0 spiro atoms. The van der Waals surface area contributed by atoms with Crippen molar-refractivity contribution in [3.63, 3.8) is 0 Å². The van der Waals surface area contributed by atoms with Gasteiger partial charge in [0.2, 0.25) is 0 Å². The van der Waals surface area contributed by atoms with E-state index in [9.17, 15) is 0 Å². The highest BCUT2D eigenvalue weighted by atomic mass is 15.1. The molecule has 0 radical (unpaired) electrons. The van der Waals surface area contributed by atoms with Crippen LogP contribution in [0.3, 0.4) is 0 Å². The first-order chi connectivity index (χ1) is 7.78. The van der Waals surface area contributed by atoms with Crippen LogP contribution in [-0.2, 0) is 0 Å². The Morgan fingerprint density at radius 1 is 1.25 bits per heavy atom. The van der Waals surface area contributed by atoms with Crippen LogP contribution in [-0.4, -0.2) is 37.1 Å². The molecule has 16 heavy (non-hydrogen) atoms. The fraction of sp³-hybridized carbons (Fsp3) is 1.00. The minimum Gasteiger partial charge on any atom is -0.314 e. The van der Waals surface area contributed by atoms with Crippen LogP contribution >= 0.6 is 0 Å². The van der Waals surface area contributed by atoms with Crippen LogP contribution in [0, 0.1) is 11.8 Å². The number of nitrogens with one attached hydrogen (secondary N) is 1. The summed E-state index contributed by atoms with van der Waals surface area (Å²) in [5.41, 5.74) is 0. The van der Waals surface area contributed by atoms with Crippen LogP contribution < -0.4 is 5.32 Å². The van der Waals surface area contributed by atoms with Crippen LogP contribution in [0.5, 0.6) is 0 Å². The Hall–Kier alpha value is -0.0800. The van der Waals surface area contributed by atoms with Gasteiger partial charge in [-0.1, -0.05) is 13.8 Å². The average Bonchev–Trinajstić information content (AvgIpc) is 2.85. The molecule has 1 saturated carbocycles. The largest absolute Gasteiger partial charge is 0.314 e. The van der Waals surface area contributed by atoms with E-state index in [1.165, 1.54) is 58.3 Å². The van der Waals surface area contributed by atoms with Crippen molar-refractivity contribution in [1.29, 1.82) is 0 Å². The van der Waals surface area contributed by atoms with E-state index >= 15 is 0 Å². The lowest BCUT2D eigenvalue weighted by molar-refractivity contribution is 0.319. The van der Waals surface area contributed by atoms with Crippen molar-refractivity contribution in [3.05, 3.63) is 0 Å². The molecule has 1 N–H and O–H groups in total. The van der Waals surface area contributed by atoms with E-state index in [0.717, 1.165) is 17.9 Å². The smallest absolute Gasteiger partial charge is 0.00698 e. The average molecular weight is 224 g/mol. The van der Waals surface area contributed by atoms with E-state index in [4.69, 9.17) is 0 Å². The molecule has 2 heteroatoms.